The lowest BCUT2D eigenvalue weighted by atomic mass is 9.97. The van der Waals surface area contributed by atoms with Gasteiger partial charge in [0.15, 0.2) is 5.65 Å². The number of hydrogen-bond donors (Lipinski definition) is 1. The van der Waals surface area contributed by atoms with Crippen molar-refractivity contribution >= 4 is 11.0 Å². The highest BCUT2D eigenvalue weighted by Crippen LogP contribution is 2.39. The van der Waals surface area contributed by atoms with E-state index in [2.05, 4.69) is 15.2 Å². The number of halogens is 2. The SMILES string of the molecule is FC[C@H]1Cn2nc(-c3ccc(F)cc3)c(-c3ccnc4[nH]ncc34)c2CO1. The molecule has 0 fully saturated rings. The molecule has 8 heteroatoms. The van der Waals surface area contributed by atoms with Gasteiger partial charge in [0, 0.05) is 22.7 Å². The zero-order valence-electron chi connectivity index (χ0n) is 14.2. The zero-order valence-corrected chi connectivity index (χ0v) is 14.2. The summed E-state index contributed by atoms with van der Waals surface area (Å²) >= 11 is 0. The highest BCUT2D eigenvalue weighted by molar-refractivity contribution is 5.97. The molecule has 4 aromatic rings. The second-order valence-corrected chi connectivity index (χ2v) is 6.44. The highest BCUT2D eigenvalue weighted by atomic mass is 19.1. The molecule has 27 heavy (non-hydrogen) atoms. The van der Waals surface area contributed by atoms with Crippen LogP contribution < -0.4 is 0 Å². The normalized spacial score (nSPS) is 16.6. The van der Waals surface area contributed by atoms with E-state index in [0.29, 0.717) is 17.9 Å². The summed E-state index contributed by atoms with van der Waals surface area (Å²) in [4.78, 5) is 4.29. The summed E-state index contributed by atoms with van der Waals surface area (Å²) in [7, 11) is 0. The van der Waals surface area contributed by atoms with Crippen molar-refractivity contribution in [2.75, 3.05) is 6.67 Å². The average molecular weight is 367 g/mol. The lowest BCUT2D eigenvalue weighted by molar-refractivity contribution is -0.0126. The summed E-state index contributed by atoms with van der Waals surface area (Å²) in [5, 5.41) is 12.5. The summed E-state index contributed by atoms with van der Waals surface area (Å²) in [6, 6.07) is 8.07. The van der Waals surface area contributed by atoms with Gasteiger partial charge in [-0.3, -0.25) is 9.78 Å². The molecule has 0 saturated heterocycles. The molecule has 1 aliphatic rings. The molecule has 0 radical (unpaired) electrons. The fourth-order valence-corrected chi connectivity index (χ4v) is 3.49. The van der Waals surface area contributed by atoms with Gasteiger partial charge in [0.05, 0.1) is 25.0 Å². The van der Waals surface area contributed by atoms with E-state index in [-0.39, 0.29) is 12.4 Å². The Bertz CT molecular complexity index is 1120. The molecule has 1 aliphatic heterocycles. The number of aromatic amines is 1. The number of alkyl halides is 1. The van der Waals surface area contributed by atoms with Crippen LogP contribution in [0.4, 0.5) is 8.78 Å². The third-order valence-electron chi connectivity index (χ3n) is 4.80. The number of fused-ring (bicyclic) bond motifs is 2. The summed E-state index contributed by atoms with van der Waals surface area (Å²) < 4.78 is 33.9. The van der Waals surface area contributed by atoms with E-state index in [9.17, 15) is 8.78 Å². The van der Waals surface area contributed by atoms with Crippen LogP contribution in [0.15, 0.2) is 42.7 Å². The summed E-state index contributed by atoms with van der Waals surface area (Å²) in [6.45, 7) is 0.0151. The predicted octanol–water partition coefficient (Wildman–Crippen LogP) is 3.50. The third kappa shape index (κ3) is 2.60. The predicted molar refractivity (Wildman–Crippen MR) is 95.1 cm³/mol. The maximum Gasteiger partial charge on any atom is 0.155 e. The molecular formula is C19H15F2N5O. The van der Waals surface area contributed by atoms with Gasteiger partial charge in [-0.25, -0.2) is 13.8 Å². The number of benzene rings is 1. The number of H-pyrrole nitrogens is 1. The van der Waals surface area contributed by atoms with E-state index in [1.165, 1.54) is 12.1 Å². The number of nitrogens with one attached hydrogen (secondary N) is 1. The van der Waals surface area contributed by atoms with Crippen molar-refractivity contribution in [1.82, 2.24) is 25.0 Å². The first kappa shape index (κ1) is 16.1. The van der Waals surface area contributed by atoms with Crippen molar-refractivity contribution in [3.05, 3.63) is 54.2 Å². The fourth-order valence-electron chi connectivity index (χ4n) is 3.49. The van der Waals surface area contributed by atoms with Crippen molar-refractivity contribution in [3.63, 3.8) is 0 Å². The van der Waals surface area contributed by atoms with Crippen molar-refractivity contribution < 1.29 is 13.5 Å². The molecule has 0 saturated carbocycles. The van der Waals surface area contributed by atoms with Crippen LogP contribution in [0.5, 0.6) is 0 Å². The van der Waals surface area contributed by atoms with Crippen LogP contribution in [0, 0.1) is 5.82 Å². The molecule has 5 rings (SSSR count). The Morgan fingerprint density at radius 3 is 2.89 bits per heavy atom. The van der Waals surface area contributed by atoms with Crippen LogP contribution in [0.1, 0.15) is 5.69 Å². The van der Waals surface area contributed by atoms with Gasteiger partial charge in [-0.05, 0) is 35.9 Å². The second kappa shape index (κ2) is 6.24. The fraction of sp³-hybridized carbons (Fsp3) is 0.211. The first-order chi connectivity index (χ1) is 13.2. The number of nitrogens with zero attached hydrogens (tertiary/aromatic N) is 4. The first-order valence-electron chi connectivity index (χ1n) is 8.56. The molecule has 4 heterocycles. The molecule has 0 aliphatic carbocycles. The molecule has 1 aromatic carbocycles. The van der Waals surface area contributed by atoms with Gasteiger partial charge < -0.3 is 4.74 Å². The quantitative estimate of drug-likeness (QED) is 0.602. The van der Waals surface area contributed by atoms with Crippen molar-refractivity contribution in [2.45, 2.75) is 19.3 Å². The van der Waals surface area contributed by atoms with Crippen LogP contribution in [-0.2, 0) is 17.9 Å². The van der Waals surface area contributed by atoms with E-state index in [4.69, 9.17) is 9.84 Å². The maximum atomic E-state index is 13.4. The molecule has 0 spiro atoms. The monoisotopic (exact) mass is 367 g/mol. The number of rotatable bonds is 3. The van der Waals surface area contributed by atoms with Crippen LogP contribution in [0.25, 0.3) is 33.4 Å². The average Bonchev–Trinajstić information content (AvgIpc) is 3.32. The van der Waals surface area contributed by atoms with Gasteiger partial charge in [0.1, 0.15) is 24.3 Å². The van der Waals surface area contributed by atoms with Crippen LogP contribution in [0.3, 0.4) is 0 Å². The molecule has 136 valence electrons. The van der Waals surface area contributed by atoms with E-state index in [0.717, 1.165) is 27.8 Å². The van der Waals surface area contributed by atoms with E-state index in [1.54, 1.807) is 29.2 Å². The Kier molecular flexibility index (Phi) is 3.71. The standard InChI is InChI=1S/C19H15F2N5O/c20-7-13-9-26-16(10-27-13)17(14-5-6-22-19-15(14)8-23-24-19)18(25-26)11-1-3-12(21)4-2-11/h1-6,8,13H,7,9-10H2,(H,22,23,24)/t13-/m0/s1. The summed E-state index contributed by atoms with van der Waals surface area (Å²) in [5.74, 6) is -0.314. The minimum atomic E-state index is -0.568. The molecule has 3 aromatic heterocycles. The Morgan fingerprint density at radius 2 is 2.07 bits per heavy atom. The van der Waals surface area contributed by atoms with Gasteiger partial charge in [0.2, 0.25) is 0 Å². The molecule has 0 bridgehead atoms. The summed E-state index contributed by atoms with van der Waals surface area (Å²) in [6.07, 6.45) is 2.89. The minimum Gasteiger partial charge on any atom is -0.367 e. The van der Waals surface area contributed by atoms with Crippen LogP contribution in [0.2, 0.25) is 0 Å². The van der Waals surface area contributed by atoms with Gasteiger partial charge in [-0.2, -0.15) is 10.2 Å². The van der Waals surface area contributed by atoms with Crippen molar-refractivity contribution in [2.24, 2.45) is 0 Å². The zero-order chi connectivity index (χ0) is 18.4. The largest absolute Gasteiger partial charge is 0.367 e. The molecule has 0 amide bonds. The number of ether oxygens (including phenoxy) is 1. The molecule has 1 atom stereocenters. The minimum absolute atomic E-state index is 0.250. The number of hydrogen-bond acceptors (Lipinski definition) is 4. The Hall–Kier alpha value is -3.13. The molecule has 1 N–H and O–H groups in total. The Balaban J connectivity index is 1.77. The highest BCUT2D eigenvalue weighted by Gasteiger charge is 2.28. The van der Waals surface area contributed by atoms with Gasteiger partial charge in [-0.15, -0.1) is 0 Å². The van der Waals surface area contributed by atoms with Crippen molar-refractivity contribution in [3.8, 4) is 22.4 Å². The van der Waals surface area contributed by atoms with Gasteiger partial charge in [-0.1, -0.05) is 0 Å². The Morgan fingerprint density at radius 1 is 1.22 bits per heavy atom. The van der Waals surface area contributed by atoms with Gasteiger partial charge in [0.25, 0.3) is 0 Å². The van der Waals surface area contributed by atoms with Crippen molar-refractivity contribution in [1.29, 1.82) is 0 Å². The van der Waals surface area contributed by atoms with Crippen LogP contribution in [-0.4, -0.2) is 37.7 Å². The Labute approximate surface area is 152 Å². The van der Waals surface area contributed by atoms with Crippen LogP contribution >= 0.6 is 0 Å². The molecule has 6 nitrogen and oxygen atoms in total. The van der Waals surface area contributed by atoms with E-state index < -0.39 is 12.8 Å². The summed E-state index contributed by atoms with van der Waals surface area (Å²) in [5.41, 5.74) is 4.76. The maximum absolute atomic E-state index is 13.4. The lowest BCUT2D eigenvalue weighted by Gasteiger charge is -2.22. The lowest BCUT2D eigenvalue weighted by Crippen LogP contribution is -2.29. The third-order valence-corrected chi connectivity index (χ3v) is 4.80. The first-order valence-corrected chi connectivity index (χ1v) is 8.56. The molecular weight excluding hydrogens is 352 g/mol. The smallest absolute Gasteiger partial charge is 0.155 e. The number of pyridine rings is 1. The number of aromatic nitrogens is 5. The van der Waals surface area contributed by atoms with E-state index in [1.807, 2.05) is 6.07 Å². The molecule has 0 unspecified atom stereocenters. The van der Waals surface area contributed by atoms with Gasteiger partial charge >= 0.3 is 0 Å². The second-order valence-electron chi connectivity index (χ2n) is 6.44. The van der Waals surface area contributed by atoms with E-state index >= 15 is 0 Å². The topological polar surface area (TPSA) is 68.6 Å².